The van der Waals surface area contributed by atoms with E-state index >= 15 is 0 Å². The zero-order valence-corrected chi connectivity index (χ0v) is 13.5. The summed E-state index contributed by atoms with van der Waals surface area (Å²) >= 11 is 0. The molecule has 6 nitrogen and oxygen atoms in total. The van der Waals surface area contributed by atoms with E-state index in [4.69, 9.17) is 4.74 Å². The second-order valence-electron chi connectivity index (χ2n) is 5.91. The summed E-state index contributed by atoms with van der Waals surface area (Å²) in [5.41, 5.74) is 1.39. The summed E-state index contributed by atoms with van der Waals surface area (Å²) < 4.78 is 5.28. The van der Waals surface area contributed by atoms with Crippen LogP contribution >= 0.6 is 0 Å². The number of amides is 3. The average molecular weight is 336 g/mol. The molecule has 2 aromatic carbocycles. The van der Waals surface area contributed by atoms with E-state index in [-0.39, 0.29) is 5.91 Å². The molecule has 3 amide bonds. The summed E-state index contributed by atoms with van der Waals surface area (Å²) in [4.78, 5) is 41.1. The third-order valence-corrected chi connectivity index (χ3v) is 4.47. The van der Waals surface area contributed by atoms with Crippen molar-refractivity contribution in [3.8, 4) is 0 Å². The van der Waals surface area contributed by atoms with Gasteiger partial charge in [0.15, 0.2) is 0 Å². The first-order chi connectivity index (χ1) is 12.2. The number of ether oxygens (including phenoxy) is 1. The average Bonchev–Trinajstić information content (AvgIpc) is 2.93. The molecule has 6 heteroatoms. The van der Waals surface area contributed by atoms with Gasteiger partial charge >= 0.3 is 0 Å². The Bertz CT molecular complexity index is 836. The summed E-state index contributed by atoms with van der Waals surface area (Å²) in [7, 11) is 0. The van der Waals surface area contributed by atoms with Crippen molar-refractivity contribution in [2.24, 2.45) is 0 Å². The summed E-state index contributed by atoms with van der Waals surface area (Å²) in [5.74, 6) is -0.999. The van der Waals surface area contributed by atoms with Gasteiger partial charge in [-0.25, -0.2) is 4.90 Å². The van der Waals surface area contributed by atoms with E-state index < -0.39 is 11.8 Å². The van der Waals surface area contributed by atoms with Crippen LogP contribution in [0.25, 0.3) is 0 Å². The van der Waals surface area contributed by atoms with Gasteiger partial charge in [-0.15, -0.1) is 0 Å². The Morgan fingerprint density at radius 1 is 0.840 bits per heavy atom. The van der Waals surface area contributed by atoms with Crippen molar-refractivity contribution in [3.63, 3.8) is 0 Å². The fourth-order valence-electron chi connectivity index (χ4n) is 3.19. The standard InChI is InChI=1S/C19H16N2O4/c22-17(20-9-11-25-12-10-20)15-7-3-4-8-16(15)21-18(23)13-5-1-2-6-14(13)19(21)24/h1-8H,9-12H2. The molecule has 1 saturated heterocycles. The van der Waals surface area contributed by atoms with E-state index in [1.54, 1.807) is 53.4 Å². The van der Waals surface area contributed by atoms with Crippen LogP contribution < -0.4 is 4.90 Å². The molecule has 0 spiro atoms. The number of carbonyl (C=O) groups excluding carboxylic acids is 3. The van der Waals surface area contributed by atoms with Crippen molar-refractivity contribution in [2.45, 2.75) is 0 Å². The van der Waals surface area contributed by atoms with E-state index in [0.717, 1.165) is 4.90 Å². The number of morpholine rings is 1. The highest BCUT2D eigenvalue weighted by Crippen LogP contribution is 2.31. The predicted octanol–water partition coefficient (Wildman–Crippen LogP) is 1.96. The molecule has 2 aliphatic rings. The van der Waals surface area contributed by atoms with Gasteiger partial charge in [0, 0.05) is 13.1 Å². The van der Waals surface area contributed by atoms with Gasteiger partial charge in [-0.2, -0.15) is 0 Å². The van der Waals surface area contributed by atoms with E-state index in [2.05, 4.69) is 0 Å². The van der Waals surface area contributed by atoms with Crippen LogP contribution in [0.5, 0.6) is 0 Å². The van der Waals surface area contributed by atoms with Crippen molar-refractivity contribution >= 4 is 23.4 Å². The molecule has 0 aliphatic carbocycles. The number of nitrogens with zero attached hydrogens (tertiary/aromatic N) is 2. The molecule has 0 atom stereocenters. The highest BCUT2D eigenvalue weighted by atomic mass is 16.5. The minimum atomic E-state index is -0.400. The van der Waals surface area contributed by atoms with Gasteiger partial charge < -0.3 is 9.64 Å². The minimum absolute atomic E-state index is 0.199. The summed E-state index contributed by atoms with van der Waals surface area (Å²) in [5, 5.41) is 0. The van der Waals surface area contributed by atoms with Crippen LogP contribution in [0.4, 0.5) is 5.69 Å². The van der Waals surface area contributed by atoms with E-state index in [0.29, 0.717) is 48.7 Å². The molecule has 4 rings (SSSR count). The molecule has 0 unspecified atom stereocenters. The van der Waals surface area contributed by atoms with Gasteiger partial charge in [-0.05, 0) is 24.3 Å². The number of hydrogen-bond acceptors (Lipinski definition) is 4. The van der Waals surface area contributed by atoms with Gasteiger partial charge in [0.1, 0.15) is 0 Å². The first-order valence-electron chi connectivity index (χ1n) is 8.12. The molecule has 126 valence electrons. The lowest BCUT2D eigenvalue weighted by molar-refractivity contribution is 0.0303. The number of rotatable bonds is 2. The van der Waals surface area contributed by atoms with Crippen molar-refractivity contribution in [2.75, 3.05) is 31.2 Å². The smallest absolute Gasteiger partial charge is 0.266 e. The Morgan fingerprint density at radius 2 is 1.40 bits per heavy atom. The molecule has 0 N–H and O–H groups in total. The minimum Gasteiger partial charge on any atom is -0.378 e. The van der Waals surface area contributed by atoms with Gasteiger partial charge in [0.05, 0.1) is 35.6 Å². The van der Waals surface area contributed by atoms with Gasteiger partial charge in [-0.1, -0.05) is 24.3 Å². The fraction of sp³-hybridized carbons (Fsp3) is 0.211. The van der Waals surface area contributed by atoms with Crippen molar-refractivity contribution in [1.29, 1.82) is 0 Å². The third-order valence-electron chi connectivity index (χ3n) is 4.47. The van der Waals surface area contributed by atoms with E-state index in [9.17, 15) is 14.4 Å². The lowest BCUT2D eigenvalue weighted by Crippen LogP contribution is -2.41. The molecule has 2 aliphatic heterocycles. The van der Waals surface area contributed by atoms with Crippen LogP contribution in [0.2, 0.25) is 0 Å². The maximum Gasteiger partial charge on any atom is 0.266 e. The molecule has 25 heavy (non-hydrogen) atoms. The van der Waals surface area contributed by atoms with Crippen molar-refractivity contribution < 1.29 is 19.1 Å². The Labute approximate surface area is 144 Å². The van der Waals surface area contributed by atoms with Gasteiger partial charge in [0.2, 0.25) is 0 Å². The van der Waals surface area contributed by atoms with Crippen LogP contribution in [0.3, 0.4) is 0 Å². The number of benzene rings is 2. The van der Waals surface area contributed by atoms with Crippen LogP contribution in [0, 0.1) is 0 Å². The maximum absolute atomic E-state index is 12.9. The lowest BCUT2D eigenvalue weighted by atomic mass is 10.1. The van der Waals surface area contributed by atoms with Gasteiger partial charge in [0.25, 0.3) is 17.7 Å². The normalized spacial score (nSPS) is 17.0. The number of fused-ring (bicyclic) bond motifs is 1. The van der Waals surface area contributed by atoms with Crippen LogP contribution in [-0.4, -0.2) is 48.9 Å². The largest absolute Gasteiger partial charge is 0.378 e. The predicted molar refractivity (Wildman–Crippen MR) is 90.7 cm³/mol. The fourth-order valence-corrected chi connectivity index (χ4v) is 3.19. The Hall–Kier alpha value is -2.99. The summed E-state index contributed by atoms with van der Waals surface area (Å²) in [6, 6.07) is 13.4. The first kappa shape index (κ1) is 15.5. The number of para-hydroxylation sites is 1. The highest BCUT2D eigenvalue weighted by molar-refractivity contribution is 6.35. The maximum atomic E-state index is 12.9. The number of anilines is 1. The summed E-state index contributed by atoms with van der Waals surface area (Å²) in [6.07, 6.45) is 0. The molecule has 0 aromatic heterocycles. The zero-order valence-electron chi connectivity index (χ0n) is 13.5. The molecular weight excluding hydrogens is 320 g/mol. The lowest BCUT2D eigenvalue weighted by Gasteiger charge is -2.28. The Kier molecular flexibility index (Phi) is 3.82. The molecule has 0 radical (unpaired) electrons. The second-order valence-corrected chi connectivity index (χ2v) is 5.91. The van der Waals surface area contributed by atoms with E-state index in [1.807, 2.05) is 0 Å². The first-order valence-corrected chi connectivity index (χ1v) is 8.12. The number of imide groups is 1. The van der Waals surface area contributed by atoms with Crippen LogP contribution in [0.1, 0.15) is 31.1 Å². The Morgan fingerprint density at radius 3 is 2.04 bits per heavy atom. The third kappa shape index (κ3) is 2.51. The molecular formula is C19H16N2O4. The quantitative estimate of drug-likeness (QED) is 0.786. The van der Waals surface area contributed by atoms with Crippen molar-refractivity contribution in [3.05, 3.63) is 65.2 Å². The number of hydrogen-bond donors (Lipinski definition) is 0. The monoisotopic (exact) mass is 336 g/mol. The van der Waals surface area contributed by atoms with Crippen LogP contribution in [0.15, 0.2) is 48.5 Å². The van der Waals surface area contributed by atoms with Crippen LogP contribution in [-0.2, 0) is 4.74 Å². The molecule has 0 bridgehead atoms. The molecule has 2 heterocycles. The van der Waals surface area contributed by atoms with Crippen molar-refractivity contribution in [1.82, 2.24) is 4.90 Å². The number of carbonyl (C=O) groups is 3. The highest BCUT2D eigenvalue weighted by Gasteiger charge is 2.38. The second kappa shape index (κ2) is 6.14. The van der Waals surface area contributed by atoms with E-state index in [1.165, 1.54) is 0 Å². The zero-order chi connectivity index (χ0) is 17.4. The molecule has 2 aromatic rings. The SMILES string of the molecule is O=C(c1ccccc1N1C(=O)c2ccccc2C1=O)N1CCOCC1. The topological polar surface area (TPSA) is 66.9 Å². The molecule has 0 saturated carbocycles. The Balaban J connectivity index is 1.74. The van der Waals surface area contributed by atoms with Gasteiger partial charge in [-0.3, -0.25) is 14.4 Å². The molecule has 1 fully saturated rings. The summed E-state index contributed by atoms with van der Waals surface area (Å²) in [6.45, 7) is 1.96.